The van der Waals surface area contributed by atoms with Crippen molar-refractivity contribution in [3.05, 3.63) is 59.2 Å². The first-order valence-corrected chi connectivity index (χ1v) is 12.3. The first-order valence-electron chi connectivity index (χ1n) is 11.5. The van der Waals surface area contributed by atoms with Crippen LogP contribution in [0.1, 0.15) is 52.0 Å². The van der Waals surface area contributed by atoms with Crippen molar-refractivity contribution in [2.75, 3.05) is 29.9 Å². The molecule has 0 radical (unpaired) electrons. The molecule has 1 aliphatic heterocycles. The van der Waals surface area contributed by atoms with Crippen molar-refractivity contribution in [2.24, 2.45) is 5.92 Å². The molecule has 7 nitrogen and oxygen atoms in total. The Morgan fingerprint density at radius 2 is 1.73 bits per heavy atom. The number of aromatic nitrogens is 2. The zero-order chi connectivity index (χ0) is 22.8. The van der Waals surface area contributed by atoms with Gasteiger partial charge >= 0.3 is 0 Å². The molecule has 170 valence electrons. The van der Waals surface area contributed by atoms with Crippen molar-refractivity contribution >= 4 is 33.4 Å². The molecule has 5 rings (SSSR count). The second-order valence-corrected chi connectivity index (χ2v) is 9.75. The van der Waals surface area contributed by atoms with Gasteiger partial charge in [-0.15, -0.1) is 10.2 Å². The number of hydrogen-bond acceptors (Lipinski definition) is 6. The highest BCUT2D eigenvalue weighted by molar-refractivity contribution is 7.19. The Morgan fingerprint density at radius 1 is 1.00 bits per heavy atom. The van der Waals surface area contributed by atoms with Crippen molar-refractivity contribution in [3.8, 4) is 11.1 Å². The van der Waals surface area contributed by atoms with E-state index in [9.17, 15) is 9.59 Å². The second-order valence-electron chi connectivity index (χ2n) is 8.80. The number of nitrogens with one attached hydrogen (secondary N) is 2. The number of hydrogen-bond donors (Lipinski definition) is 2. The molecule has 1 saturated carbocycles. The third-order valence-corrected chi connectivity index (χ3v) is 7.12. The maximum absolute atomic E-state index is 12.9. The summed E-state index contributed by atoms with van der Waals surface area (Å²) in [5.74, 6) is 0.400. The largest absolute Gasteiger partial charge is 0.352 e. The Balaban J connectivity index is 1.28. The molecule has 1 aromatic heterocycles. The Bertz CT molecular complexity index is 1160. The number of aryl methyl sites for hydroxylation is 1. The molecule has 0 spiro atoms. The number of carbonyl (C=O) groups is 2. The molecule has 2 heterocycles. The van der Waals surface area contributed by atoms with Crippen LogP contribution in [0.25, 0.3) is 11.1 Å². The first kappa shape index (κ1) is 21.6. The molecule has 2 fully saturated rings. The smallest absolute Gasteiger partial charge is 0.257 e. The summed E-state index contributed by atoms with van der Waals surface area (Å²) in [6.45, 7) is 4.75. The molecule has 0 bridgehead atoms. The monoisotopic (exact) mass is 461 g/mol. The van der Waals surface area contributed by atoms with E-state index in [2.05, 4.69) is 25.7 Å². The molecule has 1 aliphatic carbocycles. The van der Waals surface area contributed by atoms with Gasteiger partial charge in [-0.05, 0) is 79.5 Å². The van der Waals surface area contributed by atoms with Crippen LogP contribution in [-0.4, -0.2) is 41.6 Å². The maximum atomic E-state index is 12.9. The zero-order valence-corrected chi connectivity index (χ0v) is 19.5. The number of rotatable bonds is 7. The number of anilines is 2. The standard InChI is InChI=1S/C25H27N5O2S/c1-16-4-7-20(23(32)27-24-28-29-25(33-24)30-12-2-3-13-30)14-21(16)18-8-10-19(11-9-18)22(31)26-15-17-5-6-17/h4,7-11,14,17H,2-3,5-6,12-13,15H2,1H3,(H,26,31)(H,27,28,32). The van der Waals surface area contributed by atoms with Crippen LogP contribution in [0.3, 0.4) is 0 Å². The van der Waals surface area contributed by atoms with Crippen LogP contribution in [0.4, 0.5) is 10.3 Å². The van der Waals surface area contributed by atoms with Gasteiger partial charge in [0.2, 0.25) is 10.3 Å². The Labute approximate surface area is 197 Å². The fraction of sp³-hybridized carbons (Fsp3) is 0.360. The average Bonchev–Trinajstić information content (AvgIpc) is 3.28. The van der Waals surface area contributed by atoms with Gasteiger partial charge in [-0.1, -0.05) is 29.5 Å². The molecule has 2 aromatic carbocycles. The van der Waals surface area contributed by atoms with Gasteiger partial charge in [0.25, 0.3) is 11.8 Å². The number of amides is 2. The van der Waals surface area contributed by atoms with Crippen molar-refractivity contribution in [1.29, 1.82) is 0 Å². The third kappa shape index (κ3) is 5.06. The molecule has 0 atom stereocenters. The lowest BCUT2D eigenvalue weighted by Gasteiger charge is -2.11. The fourth-order valence-electron chi connectivity index (χ4n) is 4.01. The number of benzene rings is 2. The van der Waals surface area contributed by atoms with Gasteiger partial charge in [-0.25, -0.2) is 0 Å². The first-order chi connectivity index (χ1) is 16.1. The quantitative estimate of drug-likeness (QED) is 0.541. The van der Waals surface area contributed by atoms with E-state index < -0.39 is 0 Å². The van der Waals surface area contributed by atoms with Gasteiger partial charge in [-0.3, -0.25) is 14.9 Å². The van der Waals surface area contributed by atoms with Gasteiger partial charge in [-0.2, -0.15) is 0 Å². The Hall–Kier alpha value is -3.26. The summed E-state index contributed by atoms with van der Waals surface area (Å²) >= 11 is 1.40. The Kier molecular flexibility index (Phi) is 6.09. The minimum absolute atomic E-state index is 0.0383. The average molecular weight is 462 g/mol. The zero-order valence-electron chi connectivity index (χ0n) is 18.6. The molecule has 0 unspecified atom stereocenters. The molecular formula is C25H27N5O2S. The van der Waals surface area contributed by atoms with Crippen molar-refractivity contribution in [2.45, 2.75) is 32.6 Å². The van der Waals surface area contributed by atoms with Crippen molar-refractivity contribution < 1.29 is 9.59 Å². The normalized spacial score (nSPS) is 15.5. The van der Waals surface area contributed by atoms with Crippen LogP contribution < -0.4 is 15.5 Å². The van der Waals surface area contributed by atoms with E-state index in [0.29, 0.717) is 22.2 Å². The van der Waals surface area contributed by atoms with Gasteiger partial charge in [0, 0.05) is 30.8 Å². The lowest BCUT2D eigenvalue weighted by Crippen LogP contribution is -2.25. The summed E-state index contributed by atoms with van der Waals surface area (Å²) in [5.41, 5.74) is 4.19. The van der Waals surface area contributed by atoms with Crippen LogP contribution >= 0.6 is 11.3 Å². The van der Waals surface area contributed by atoms with Crippen molar-refractivity contribution in [3.63, 3.8) is 0 Å². The summed E-state index contributed by atoms with van der Waals surface area (Å²) in [6.07, 6.45) is 4.75. The summed E-state index contributed by atoms with van der Waals surface area (Å²) in [5, 5.41) is 15.6. The Morgan fingerprint density at radius 3 is 2.45 bits per heavy atom. The third-order valence-electron chi connectivity index (χ3n) is 6.22. The lowest BCUT2D eigenvalue weighted by molar-refractivity contribution is 0.0951. The predicted octanol–water partition coefficient (Wildman–Crippen LogP) is 4.51. The van der Waals surface area contributed by atoms with Crippen LogP contribution in [0.5, 0.6) is 0 Å². The molecular weight excluding hydrogens is 434 g/mol. The second kappa shape index (κ2) is 9.31. The summed E-state index contributed by atoms with van der Waals surface area (Å²) in [6, 6.07) is 13.2. The van der Waals surface area contributed by atoms with Crippen LogP contribution in [-0.2, 0) is 0 Å². The predicted molar refractivity (Wildman–Crippen MR) is 131 cm³/mol. The highest BCUT2D eigenvalue weighted by atomic mass is 32.1. The maximum Gasteiger partial charge on any atom is 0.257 e. The van der Waals surface area contributed by atoms with Gasteiger partial charge in [0.1, 0.15) is 0 Å². The van der Waals surface area contributed by atoms with E-state index in [1.54, 1.807) is 0 Å². The molecule has 3 aromatic rings. The topological polar surface area (TPSA) is 87.2 Å². The van der Waals surface area contributed by atoms with E-state index in [0.717, 1.165) is 41.5 Å². The molecule has 2 aliphatic rings. The van der Waals surface area contributed by atoms with Crippen LogP contribution in [0.15, 0.2) is 42.5 Å². The minimum Gasteiger partial charge on any atom is -0.352 e. The summed E-state index contributed by atoms with van der Waals surface area (Å²) in [4.78, 5) is 27.4. The van der Waals surface area contributed by atoms with E-state index >= 15 is 0 Å². The lowest BCUT2D eigenvalue weighted by atomic mass is 9.97. The molecule has 1 saturated heterocycles. The van der Waals surface area contributed by atoms with Crippen LogP contribution in [0.2, 0.25) is 0 Å². The van der Waals surface area contributed by atoms with Gasteiger partial charge in [0.15, 0.2) is 0 Å². The van der Waals surface area contributed by atoms with E-state index in [4.69, 9.17) is 0 Å². The molecule has 2 amide bonds. The highest BCUT2D eigenvalue weighted by Crippen LogP contribution is 2.29. The highest BCUT2D eigenvalue weighted by Gasteiger charge is 2.22. The minimum atomic E-state index is -0.212. The fourth-order valence-corrected chi connectivity index (χ4v) is 4.80. The molecule has 8 heteroatoms. The van der Waals surface area contributed by atoms with E-state index in [-0.39, 0.29) is 11.8 Å². The van der Waals surface area contributed by atoms with Crippen molar-refractivity contribution in [1.82, 2.24) is 15.5 Å². The number of carbonyl (C=O) groups excluding carboxylic acids is 2. The summed E-state index contributed by atoms with van der Waals surface area (Å²) < 4.78 is 0. The number of nitrogens with zero attached hydrogens (tertiary/aromatic N) is 3. The SMILES string of the molecule is Cc1ccc(C(=O)Nc2nnc(N3CCCC3)s2)cc1-c1ccc(C(=O)NCC2CC2)cc1. The van der Waals surface area contributed by atoms with E-state index in [1.165, 1.54) is 37.0 Å². The molecule has 2 N–H and O–H groups in total. The van der Waals surface area contributed by atoms with Gasteiger partial charge in [0.05, 0.1) is 0 Å². The summed E-state index contributed by atoms with van der Waals surface area (Å²) in [7, 11) is 0. The van der Waals surface area contributed by atoms with E-state index in [1.807, 2.05) is 49.4 Å². The van der Waals surface area contributed by atoms with Crippen LogP contribution in [0, 0.1) is 12.8 Å². The van der Waals surface area contributed by atoms with Gasteiger partial charge < -0.3 is 10.2 Å². The molecule has 33 heavy (non-hydrogen) atoms.